The third kappa shape index (κ3) is 3.83. The van der Waals surface area contributed by atoms with E-state index in [1.807, 2.05) is 24.3 Å². The maximum Gasteiger partial charge on any atom is 0.232 e. The van der Waals surface area contributed by atoms with Gasteiger partial charge >= 0.3 is 0 Å². The number of para-hydroxylation sites is 1. The molecule has 0 spiro atoms. The van der Waals surface area contributed by atoms with Crippen LogP contribution in [0, 0.1) is 0 Å². The van der Waals surface area contributed by atoms with Gasteiger partial charge in [-0.2, -0.15) is 0 Å². The van der Waals surface area contributed by atoms with Crippen LogP contribution < -0.4 is 13.9 Å². The molecule has 138 valence electrons. The van der Waals surface area contributed by atoms with Gasteiger partial charge in [0, 0.05) is 25.2 Å². The van der Waals surface area contributed by atoms with Crippen molar-refractivity contribution in [2.45, 2.75) is 12.8 Å². The molecule has 0 aromatic heterocycles. The molecular weight excluding hydrogens is 352 g/mol. The molecule has 1 amide bonds. The summed E-state index contributed by atoms with van der Waals surface area (Å²) < 4.78 is 30.7. The molecule has 0 bridgehead atoms. The summed E-state index contributed by atoms with van der Waals surface area (Å²) in [5.74, 6) is 0.573. The second kappa shape index (κ2) is 7.37. The van der Waals surface area contributed by atoms with E-state index < -0.39 is 10.0 Å². The van der Waals surface area contributed by atoms with Crippen LogP contribution in [0.1, 0.15) is 12.0 Å². The van der Waals surface area contributed by atoms with E-state index in [4.69, 9.17) is 4.74 Å². The molecule has 0 radical (unpaired) electrons. The van der Waals surface area contributed by atoms with Gasteiger partial charge < -0.3 is 9.64 Å². The lowest BCUT2D eigenvalue weighted by Gasteiger charge is -2.24. The van der Waals surface area contributed by atoms with E-state index >= 15 is 0 Å². The van der Waals surface area contributed by atoms with Crippen LogP contribution in [0.3, 0.4) is 0 Å². The third-order valence-corrected chi connectivity index (χ3v) is 5.67. The van der Waals surface area contributed by atoms with Gasteiger partial charge in [-0.3, -0.25) is 9.10 Å². The normalized spacial score (nSPS) is 13.4. The second-order valence-corrected chi connectivity index (χ2v) is 8.11. The van der Waals surface area contributed by atoms with Gasteiger partial charge in [0.1, 0.15) is 5.75 Å². The number of methoxy groups -OCH3 is 1. The molecule has 0 saturated carbocycles. The fourth-order valence-corrected chi connectivity index (χ4v) is 4.09. The largest absolute Gasteiger partial charge is 0.497 e. The first-order valence-electron chi connectivity index (χ1n) is 8.40. The first-order valence-corrected chi connectivity index (χ1v) is 10.2. The lowest BCUT2D eigenvalue weighted by Crippen LogP contribution is -2.36. The van der Waals surface area contributed by atoms with Crippen LogP contribution in [0.15, 0.2) is 48.5 Å². The molecule has 2 aromatic carbocycles. The van der Waals surface area contributed by atoms with Crippen molar-refractivity contribution in [3.8, 4) is 5.75 Å². The van der Waals surface area contributed by atoms with E-state index in [0.717, 1.165) is 23.9 Å². The zero-order valence-corrected chi connectivity index (χ0v) is 15.7. The molecule has 2 aromatic rings. The molecule has 0 N–H and O–H groups in total. The van der Waals surface area contributed by atoms with Crippen LogP contribution in [0.4, 0.5) is 11.4 Å². The fourth-order valence-electron chi connectivity index (χ4n) is 3.16. The van der Waals surface area contributed by atoms with Crippen molar-refractivity contribution >= 4 is 27.3 Å². The Labute approximate surface area is 154 Å². The lowest BCUT2D eigenvalue weighted by atomic mass is 10.2. The van der Waals surface area contributed by atoms with E-state index in [1.54, 1.807) is 36.3 Å². The van der Waals surface area contributed by atoms with Crippen LogP contribution in [-0.4, -0.2) is 40.8 Å². The van der Waals surface area contributed by atoms with Crippen molar-refractivity contribution in [3.63, 3.8) is 0 Å². The van der Waals surface area contributed by atoms with Crippen molar-refractivity contribution in [1.82, 2.24) is 0 Å². The number of hydrogen-bond acceptors (Lipinski definition) is 4. The predicted octanol–water partition coefficient (Wildman–Crippen LogP) is 2.44. The molecule has 26 heavy (non-hydrogen) atoms. The SMILES string of the molecule is COc1ccc(N(CCC(=O)N2CCc3ccccc32)S(C)(=O)=O)cc1. The van der Waals surface area contributed by atoms with E-state index in [-0.39, 0.29) is 18.9 Å². The number of amides is 1. The van der Waals surface area contributed by atoms with Crippen molar-refractivity contribution in [1.29, 1.82) is 0 Å². The molecule has 0 atom stereocenters. The summed E-state index contributed by atoms with van der Waals surface area (Å²) >= 11 is 0. The van der Waals surface area contributed by atoms with E-state index in [0.29, 0.717) is 18.0 Å². The van der Waals surface area contributed by atoms with Gasteiger partial charge in [-0.05, 0) is 42.3 Å². The highest BCUT2D eigenvalue weighted by atomic mass is 32.2. The molecular formula is C19H22N2O4S. The van der Waals surface area contributed by atoms with Crippen molar-refractivity contribution in [2.75, 3.05) is 35.7 Å². The van der Waals surface area contributed by atoms with Gasteiger partial charge in [0.05, 0.1) is 19.1 Å². The number of anilines is 2. The van der Waals surface area contributed by atoms with Crippen LogP contribution >= 0.6 is 0 Å². The Kier molecular flexibility index (Phi) is 5.18. The molecule has 6 nitrogen and oxygen atoms in total. The summed E-state index contributed by atoms with van der Waals surface area (Å²) in [5, 5.41) is 0. The maximum atomic E-state index is 12.7. The Morgan fingerprint density at radius 2 is 1.85 bits per heavy atom. The number of fused-ring (bicyclic) bond motifs is 1. The monoisotopic (exact) mass is 374 g/mol. The Morgan fingerprint density at radius 3 is 2.50 bits per heavy atom. The fraction of sp³-hybridized carbons (Fsp3) is 0.316. The quantitative estimate of drug-likeness (QED) is 0.779. The highest BCUT2D eigenvalue weighted by Crippen LogP contribution is 2.28. The molecule has 7 heteroatoms. The zero-order valence-electron chi connectivity index (χ0n) is 14.9. The minimum absolute atomic E-state index is 0.0721. The summed E-state index contributed by atoms with van der Waals surface area (Å²) in [6, 6.07) is 14.6. The van der Waals surface area contributed by atoms with Crippen LogP contribution in [-0.2, 0) is 21.2 Å². The maximum absolute atomic E-state index is 12.7. The zero-order chi connectivity index (χ0) is 18.7. The second-order valence-electron chi connectivity index (χ2n) is 6.21. The minimum Gasteiger partial charge on any atom is -0.497 e. The lowest BCUT2D eigenvalue weighted by molar-refractivity contribution is -0.118. The number of sulfonamides is 1. The number of carbonyl (C=O) groups excluding carboxylic acids is 1. The Morgan fingerprint density at radius 1 is 1.15 bits per heavy atom. The third-order valence-electron chi connectivity index (χ3n) is 4.48. The molecule has 1 aliphatic rings. The summed E-state index contributed by atoms with van der Waals surface area (Å²) in [7, 11) is -1.94. The predicted molar refractivity (Wildman–Crippen MR) is 102 cm³/mol. The molecule has 0 unspecified atom stereocenters. The van der Waals surface area contributed by atoms with Crippen LogP contribution in [0.2, 0.25) is 0 Å². The molecule has 0 fully saturated rings. The average molecular weight is 374 g/mol. The smallest absolute Gasteiger partial charge is 0.232 e. The number of nitrogens with zero attached hydrogens (tertiary/aromatic N) is 2. The van der Waals surface area contributed by atoms with Gasteiger partial charge in [-0.25, -0.2) is 8.42 Å². The first kappa shape index (κ1) is 18.3. The molecule has 0 aliphatic carbocycles. The van der Waals surface area contributed by atoms with Gasteiger partial charge in [0.25, 0.3) is 0 Å². The van der Waals surface area contributed by atoms with E-state index in [2.05, 4.69) is 0 Å². The van der Waals surface area contributed by atoms with Crippen molar-refractivity contribution < 1.29 is 17.9 Å². The molecule has 0 saturated heterocycles. The summed E-state index contributed by atoms with van der Waals surface area (Å²) in [4.78, 5) is 14.4. The van der Waals surface area contributed by atoms with Crippen LogP contribution in [0.25, 0.3) is 0 Å². The van der Waals surface area contributed by atoms with Crippen molar-refractivity contribution in [2.24, 2.45) is 0 Å². The average Bonchev–Trinajstić information content (AvgIpc) is 3.05. The van der Waals surface area contributed by atoms with Crippen LogP contribution in [0.5, 0.6) is 5.75 Å². The molecule has 3 rings (SSSR count). The Balaban J connectivity index is 1.73. The summed E-state index contributed by atoms with van der Waals surface area (Å²) in [6.07, 6.45) is 2.09. The van der Waals surface area contributed by atoms with Gasteiger partial charge in [-0.1, -0.05) is 18.2 Å². The Hall–Kier alpha value is -2.54. The Bertz CT molecular complexity index is 894. The number of ether oxygens (including phenoxy) is 1. The van der Waals surface area contributed by atoms with Gasteiger partial charge in [0.15, 0.2) is 0 Å². The number of rotatable bonds is 6. The highest BCUT2D eigenvalue weighted by Gasteiger charge is 2.26. The highest BCUT2D eigenvalue weighted by molar-refractivity contribution is 7.92. The standard InChI is InChI=1S/C19H22N2O4S/c1-25-17-9-7-16(8-10-17)21(26(2,23)24)14-12-19(22)20-13-11-15-5-3-4-6-18(15)20/h3-10H,11-14H2,1-2H3. The minimum atomic E-state index is -3.50. The number of hydrogen-bond donors (Lipinski definition) is 0. The topological polar surface area (TPSA) is 66.9 Å². The first-order chi connectivity index (χ1) is 12.4. The number of benzene rings is 2. The van der Waals surface area contributed by atoms with Crippen molar-refractivity contribution in [3.05, 3.63) is 54.1 Å². The molecule has 1 aliphatic heterocycles. The number of carbonyl (C=O) groups is 1. The summed E-state index contributed by atoms with van der Waals surface area (Å²) in [6.45, 7) is 0.738. The van der Waals surface area contributed by atoms with E-state index in [1.165, 1.54) is 4.31 Å². The molecule has 1 heterocycles. The van der Waals surface area contributed by atoms with Gasteiger partial charge in [-0.15, -0.1) is 0 Å². The van der Waals surface area contributed by atoms with E-state index in [9.17, 15) is 13.2 Å². The summed E-state index contributed by atoms with van der Waals surface area (Å²) in [5.41, 5.74) is 2.59. The van der Waals surface area contributed by atoms with Gasteiger partial charge in [0.2, 0.25) is 15.9 Å².